The Morgan fingerprint density at radius 1 is 1.29 bits per heavy atom. The summed E-state index contributed by atoms with van der Waals surface area (Å²) in [5, 5.41) is 0. The normalized spacial score (nSPS) is 12.3. The number of carbonyl (C=O) groups is 1. The Kier molecular flexibility index (Phi) is 5.91. The van der Waals surface area contributed by atoms with Crippen LogP contribution in [-0.4, -0.2) is 56.7 Å². The zero-order valence-corrected chi connectivity index (χ0v) is 11.7. The first-order valence-electron chi connectivity index (χ1n) is 5.41. The fraction of sp³-hybridized carbons (Fsp3) is 0.900. The van der Waals surface area contributed by atoms with Crippen LogP contribution in [0.15, 0.2) is 0 Å². The van der Waals surface area contributed by atoms with Crippen LogP contribution in [0.5, 0.6) is 0 Å². The van der Waals surface area contributed by atoms with Gasteiger partial charge in [-0.3, -0.25) is 0 Å². The summed E-state index contributed by atoms with van der Waals surface area (Å²) in [4.78, 5) is 13.0. The van der Waals surface area contributed by atoms with Crippen LogP contribution >= 0.6 is 0 Å². The average molecular weight is 266 g/mol. The minimum atomic E-state index is -3.10. The number of nitrogens with two attached hydrogens (primary N) is 1. The molecule has 0 saturated carbocycles. The molecule has 0 aromatic rings. The molecule has 1 amide bonds. The summed E-state index contributed by atoms with van der Waals surface area (Å²) in [5.74, 6) is -0.0910. The van der Waals surface area contributed by atoms with Crippen LogP contribution in [0.25, 0.3) is 0 Å². The molecule has 102 valence electrons. The van der Waals surface area contributed by atoms with Gasteiger partial charge < -0.3 is 15.4 Å². The van der Waals surface area contributed by atoms with E-state index in [-0.39, 0.29) is 25.4 Å². The van der Waals surface area contributed by atoms with Crippen molar-refractivity contribution >= 4 is 15.9 Å². The van der Waals surface area contributed by atoms with Crippen LogP contribution in [0.1, 0.15) is 20.8 Å². The van der Waals surface area contributed by atoms with Gasteiger partial charge in [-0.1, -0.05) is 0 Å². The van der Waals surface area contributed by atoms with Gasteiger partial charge in [-0.15, -0.1) is 0 Å². The number of amides is 1. The topological polar surface area (TPSA) is 89.7 Å². The first kappa shape index (κ1) is 16.2. The second kappa shape index (κ2) is 6.20. The maximum atomic E-state index is 11.7. The Labute approximate surface area is 103 Å². The highest BCUT2D eigenvalue weighted by Gasteiger charge is 2.22. The third-order valence-electron chi connectivity index (χ3n) is 1.78. The molecule has 0 fully saturated rings. The Morgan fingerprint density at radius 2 is 1.82 bits per heavy atom. The Morgan fingerprint density at radius 3 is 2.18 bits per heavy atom. The van der Waals surface area contributed by atoms with Gasteiger partial charge in [0.2, 0.25) is 0 Å². The molecule has 0 aliphatic carbocycles. The van der Waals surface area contributed by atoms with Gasteiger partial charge >= 0.3 is 6.09 Å². The number of sulfone groups is 1. The highest BCUT2D eigenvalue weighted by Crippen LogP contribution is 2.09. The summed E-state index contributed by atoms with van der Waals surface area (Å²) in [6.45, 7) is 5.91. The molecule has 17 heavy (non-hydrogen) atoms. The van der Waals surface area contributed by atoms with Crippen molar-refractivity contribution in [1.82, 2.24) is 4.90 Å². The van der Waals surface area contributed by atoms with Crippen LogP contribution in [0, 0.1) is 0 Å². The highest BCUT2D eigenvalue weighted by molar-refractivity contribution is 7.90. The van der Waals surface area contributed by atoms with Crippen molar-refractivity contribution in [3.63, 3.8) is 0 Å². The molecule has 0 rings (SSSR count). The van der Waals surface area contributed by atoms with Crippen LogP contribution in [-0.2, 0) is 14.6 Å². The van der Waals surface area contributed by atoms with Gasteiger partial charge in [0.25, 0.3) is 0 Å². The Bertz CT molecular complexity index is 346. The van der Waals surface area contributed by atoms with Crippen LogP contribution in [0.3, 0.4) is 0 Å². The third kappa shape index (κ3) is 8.93. The molecule has 0 unspecified atom stereocenters. The van der Waals surface area contributed by atoms with E-state index in [9.17, 15) is 13.2 Å². The lowest BCUT2D eigenvalue weighted by Crippen LogP contribution is -2.41. The predicted octanol–water partition coefficient (Wildman–Crippen LogP) is 0.227. The van der Waals surface area contributed by atoms with E-state index in [1.165, 1.54) is 4.90 Å². The lowest BCUT2D eigenvalue weighted by molar-refractivity contribution is 0.0267. The van der Waals surface area contributed by atoms with E-state index in [0.29, 0.717) is 0 Å². The second-order valence-electron chi connectivity index (χ2n) is 4.89. The van der Waals surface area contributed by atoms with E-state index in [1.54, 1.807) is 20.8 Å². The van der Waals surface area contributed by atoms with Crippen molar-refractivity contribution in [2.75, 3.05) is 31.6 Å². The van der Waals surface area contributed by atoms with Gasteiger partial charge in [-0.25, -0.2) is 13.2 Å². The van der Waals surface area contributed by atoms with Gasteiger partial charge in [0.1, 0.15) is 15.4 Å². The second-order valence-corrected chi connectivity index (χ2v) is 7.15. The van der Waals surface area contributed by atoms with E-state index in [4.69, 9.17) is 10.5 Å². The molecule has 0 aromatic carbocycles. The zero-order chi connectivity index (χ0) is 13.7. The zero-order valence-electron chi connectivity index (χ0n) is 10.9. The quantitative estimate of drug-likeness (QED) is 0.769. The van der Waals surface area contributed by atoms with Gasteiger partial charge in [0.05, 0.1) is 5.75 Å². The number of carbonyl (C=O) groups excluding carboxylic acids is 1. The third-order valence-corrected chi connectivity index (χ3v) is 2.71. The van der Waals surface area contributed by atoms with Crippen molar-refractivity contribution in [3.8, 4) is 0 Å². The first-order chi connectivity index (χ1) is 7.55. The maximum Gasteiger partial charge on any atom is 0.410 e. The Hall–Kier alpha value is -0.820. The molecule has 0 saturated heterocycles. The van der Waals surface area contributed by atoms with Crippen LogP contribution in [0.4, 0.5) is 4.79 Å². The molecular formula is C10H22N2O4S. The summed E-state index contributed by atoms with van der Waals surface area (Å²) in [6, 6.07) is 0. The van der Waals surface area contributed by atoms with E-state index >= 15 is 0 Å². The number of nitrogens with zero attached hydrogens (tertiary/aromatic N) is 1. The molecule has 0 atom stereocenters. The largest absolute Gasteiger partial charge is 0.444 e. The van der Waals surface area contributed by atoms with E-state index in [0.717, 1.165) is 6.26 Å². The molecular weight excluding hydrogens is 244 g/mol. The summed E-state index contributed by atoms with van der Waals surface area (Å²) >= 11 is 0. The molecule has 7 heteroatoms. The van der Waals surface area contributed by atoms with E-state index in [2.05, 4.69) is 0 Å². The van der Waals surface area contributed by atoms with Gasteiger partial charge in [0.15, 0.2) is 0 Å². The smallest absolute Gasteiger partial charge is 0.410 e. The maximum absolute atomic E-state index is 11.7. The number of ether oxygens (including phenoxy) is 1. The van der Waals surface area contributed by atoms with Gasteiger partial charge in [-0.2, -0.15) is 0 Å². The fourth-order valence-electron chi connectivity index (χ4n) is 1.05. The standard InChI is InChI=1S/C10H22N2O4S/c1-10(2,3)16-9(13)12(6-5-11)7-8-17(4,14)15/h5-8,11H2,1-4H3. The number of hydrogen-bond acceptors (Lipinski definition) is 5. The fourth-order valence-corrected chi connectivity index (χ4v) is 1.60. The Balaban J connectivity index is 4.47. The SMILES string of the molecule is CC(C)(C)OC(=O)N(CCN)CCS(C)(=O)=O. The molecule has 0 aliphatic heterocycles. The molecule has 0 aromatic heterocycles. The first-order valence-corrected chi connectivity index (χ1v) is 7.47. The van der Waals surface area contributed by atoms with Crippen molar-refractivity contribution in [1.29, 1.82) is 0 Å². The average Bonchev–Trinajstić information content (AvgIpc) is 2.07. The molecule has 0 bridgehead atoms. The van der Waals surface area contributed by atoms with Gasteiger partial charge in [0, 0.05) is 25.9 Å². The van der Waals surface area contributed by atoms with Crippen LogP contribution in [0.2, 0.25) is 0 Å². The van der Waals surface area contributed by atoms with Crippen molar-refractivity contribution < 1.29 is 17.9 Å². The molecule has 0 radical (unpaired) electrons. The van der Waals surface area contributed by atoms with Crippen molar-refractivity contribution in [2.45, 2.75) is 26.4 Å². The summed E-state index contributed by atoms with van der Waals surface area (Å²) in [7, 11) is -3.10. The lowest BCUT2D eigenvalue weighted by atomic mass is 10.2. The summed E-state index contributed by atoms with van der Waals surface area (Å²) in [5.41, 5.74) is 4.77. The molecule has 6 nitrogen and oxygen atoms in total. The van der Waals surface area contributed by atoms with Crippen LogP contribution < -0.4 is 5.73 Å². The highest BCUT2D eigenvalue weighted by atomic mass is 32.2. The number of rotatable bonds is 5. The predicted molar refractivity (Wildman–Crippen MR) is 66.6 cm³/mol. The molecule has 0 aliphatic rings. The minimum absolute atomic E-state index is 0.0910. The summed E-state index contributed by atoms with van der Waals surface area (Å²) < 4.78 is 27.2. The molecule has 0 heterocycles. The van der Waals surface area contributed by atoms with Gasteiger partial charge in [-0.05, 0) is 20.8 Å². The van der Waals surface area contributed by atoms with Crippen molar-refractivity contribution in [3.05, 3.63) is 0 Å². The van der Waals surface area contributed by atoms with E-state index < -0.39 is 21.5 Å². The molecule has 0 spiro atoms. The van der Waals surface area contributed by atoms with Crippen molar-refractivity contribution in [2.24, 2.45) is 5.73 Å². The monoisotopic (exact) mass is 266 g/mol. The lowest BCUT2D eigenvalue weighted by Gasteiger charge is -2.26. The van der Waals surface area contributed by atoms with E-state index in [1.807, 2.05) is 0 Å². The summed E-state index contributed by atoms with van der Waals surface area (Å²) in [6.07, 6.45) is 0.592. The molecule has 2 N–H and O–H groups in total. The number of hydrogen-bond donors (Lipinski definition) is 1. The minimum Gasteiger partial charge on any atom is -0.444 e.